The van der Waals surface area contributed by atoms with E-state index in [1.165, 1.54) is 12.1 Å². The van der Waals surface area contributed by atoms with Crippen LogP contribution in [0.5, 0.6) is 0 Å². The highest BCUT2D eigenvalue weighted by molar-refractivity contribution is 5.78. The summed E-state index contributed by atoms with van der Waals surface area (Å²) < 4.78 is 13.1. The van der Waals surface area contributed by atoms with Crippen LogP contribution in [0.15, 0.2) is 24.3 Å². The SMILES string of the molecule is CCC1CC(NC(=O)C(C)C)CN(c2ccc(F)cc2)C1. The summed E-state index contributed by atoms with van der Waals surface area (Å²) in [6.45, 7) is 7.76. The number of nitrogens with zero attached hydrogens (tertiary/aromatic N) is 1. The number of anilines is 1. The van der Waals surface area contributed by atoms with E-state index in [9.17, 15) is 9.18 Å². The van der Waals surface area contributed by atoms with Gasteiger partial charge in [0.2, 0.25) is 5.91 Å². The predicted octanol–water partition coefficient (Wildman–Crippen LogP) is 3.20. The molecular formula is C17H25FN2O. The van der Waals surface area contributed by atoms with Gasteiger partial charge >= 0.3 is 0 Å². The van der Waals surface area contributed by atoms with Crippen LogP contribution in [-0.4, -0.2) is 25.0 Å². The number of amides is 1. The molecule has 1 aromatic carbocycles. The molecule has 4 heteroatoms. The molecule has 0 spiro atoms. The first-order valence-corrected chi connectivity index (χ1v) is 7.80. The molecule has 3 nitrogen and oxygen atoms in total. The van der Waals surface area contributed by atoms with Crippen molar-refractivity contribution >= 4 is 11.6 Å². The largest absolute Gasteiger partial charge is 0.369 e. The van der Waals surface area contributed by atoms with Crippen LogP contribution in [0, 0.1) is 17.7 Å². The molecule has 1 amide bonds. The van der Waals surface area contributed by atoms with Crippen LogP contribution in [0.2, 0.25) is 0 Å². The molecule has 21 heavy (non-hydrogen) atoms. The maximum absolute atomic E-state index is 13.1. The van der Waals surface area contributed by atoms with Crippen LogP contribution < -0.4 is 10.2 Å². The lowest BCUT2D eigenvalue weighted by atomic mass is 9.91. The number of piperidine rings is 1. The first kappa shape index (κ1) is 15.8. The molecule has 1 fully saturated rings. The van der Waals surface area contributed by atoms with Crippen molar-refractivity contribution in [2.45, 2.75) is 39.7 Å². The third-order valence-corrected chi connectivity index (χ3v) is 4.18. The lowest BCUT2D eigenvalue weighted by Gasteiger charge is -2.39. The number of benzene rings is 1. The highest BCUT2D eigenvalue weighted by atomic mass is 19.1. The Labute approximate surface area is 126 Å². The number of halogens is 1. The number of hydrogen-bond donors (Lipinski definition) is 1. The first-order valence-electron chi connectivity index (χ1n) is 7.80. The fourth-order valence-corrected chi connectivity index (χ4v) is 2.83. The Balaban J connectivity index is 2.08. The smallest absolute Gasteiger partial charge is 0.222 e. The predicted molar refractivity (Wildman–Crippen MR) is 83.8 cm³/mol. The van der Waals surface area contributed by atoms with E-state index in [4.69, 9.17) is 0 Å². The van der Waals surface area contributed by atoms with Gasteiger partial charge in [-0.3, -0.25) is 4.79 Å². The second kappa shape index (κ2) is 6.92. The topological polar surface area (TPSA) is 32.3 Å². The van der Waals surface area contributed by atoms with Crippen molar-refractivity contribution < 1.29 is 9.18 Å². The highest BCUT2D eigenvalue weighted by Crippen LogP contribution is 2.25. The quantitative estimate of drug-likeness (QED) is 0.924. The van der Waals surface area contributed by atoms with E-state index in [1.54, 1.807) is 0 Å². The van der Waals surface area contributed by atoms with Gasteiger partial charge in [0, 0.05) is 30.7 Å². The van der Waals surface area contributed by atoms with Crippen molar-refractivity contribution in [1.29, 1.82) is 0 Å². The maximum Gasteiger partial charge on any atom is 0.222 e. The Morgan fingerprint density at radius 3 is 2.57 bits per heavy atom. The van der Waals surface area contributed by atoms with Crippen molar-refractivity contribution in [1.82, 2.24) is 5.32 Å². The van der Waals surface area contributed by atoms with Gasteiger partial charge in [-0.1, -0.05) is 27.2 Å². The van der Waals surface area contributed by atoms with Crippen molar-refractivity contribution in [3.8, 4) is 0 Å². The summed E-state index contributed by atoms with van der Waals surface area (Å²) in [4.78, 5) is 14.2. The van der Waals surface area contributed by atoms with Crippen LogP contribution >= 0.6 is 0 Å². The van der Waals surface area contributed by atoms with Crippen molar-refractivity contribution in [2.24, 2.45) is 11.8 Å². The summed E-state index contributed by atoms with van der Waals surface area (Å²) in [6, 6.07) is 6.78. The molecule has 0 aliphatic carbocycles. The molecule has 0 aromatic heterocycles. The monoisotopic (exact) mass is 292 g/mol. The molecule has 1 saturated heterocycles. The Morgan fingerprint density at radius 1 is 1.33 bits per heavy atom. The number of nitrogens with one attached hydrogen (secondary N) is 1. The van der Waals surface area contributed by atoms with Gasteiger partial charge in [-0.25, -0.2) is 4.39 Å². The van der Waals surface area contributed by atoms with E-state index in [-0.39, 0.29) is 23.7 Å². The molecule has 0 radical (unpaired) electrons. The van der Waals surface area contributed by atoms with Gasteiger partial charge in [0.05, 0.1) is 0 Å². The minimum absolute atomic E-state index is 0.00581. The average molecular weight is 292 g/mol. The third-order valence-electron chi connectivity index (χ3n) is 4.18. The van der Waals surface area contributed by atoms with E-state index >= 15 is 0 Å². The summed E-state index contributed by atoms with van der Waals surface area (Å²) >= 11 is 0. The van der Waals surface area contributed by atoms with E-state index in [0.29, 0.717) is 5.92 Å². The molecule has 2 unspecified atom stereocenters. The number of carbonyl (C=O) groups is 1. The number of rotatable bonds is 4. The molecule has 1 N–H and O–H groups in total. The first-order chi connectivity index (χ1) is 9.99. The molecule has 2 atom stereocenters. The lowest BCUT2D eigenvalue weighted by molar-refractivity contribution is -0.124. The molecule has 2 rings (SSSR count). The summed E-state index contributed by atoms with van der Waals surface area (Å²) in [5.41, 5.74) is 1.03. The maximum atomic E-state index is 13.1. The number of hydrogen-bond acceptors (Lipinski definition) is 2. The summed E-state index contributed by atoms with van der Waals surface area (Å²) in [6.07, 6.45) is 2.11. The van der Waals surface area contributed by atoms with Gasteiger partial charge in [-0.05, 0) is 36.6 Å². The van der Waals surface area contributed by atoms with Gasteiger partial charge in [-0.15, -0.1) is 0 Å². The molecule has 1 aliphatic rings. The minimum atomic E-state index is -0.215. The van der Waals surface area contributed by atoms with Gasteiger partial charge in [0.1, 0.15) is 5.82 Å². The van der Waals surface area contributed by atoms with Crippen molar-refractivity contribution in [3.05, 3.63) is 30.1 Å². The zero-order valence-electron chi connectivity index (χ0n) is 13.1. The van der Waals surface area contributed by atoms with Crippen LogP contribution in [-0.2, 0) is 4.79 Å². The van der Waals surface area contributed by atoms with Crippen LogP contribution in [0.25, 0.3) is 0 Å². The van der Waals surface area contributed by atoms with Gasteiger partial charge < -0.3 is 10.2 Å². The second-order valence-corrected chi connectivity index (χ2v) is 6.25. The minimum Gasteiger partial charge on any atom is -0.369 e. The zero-order valence-corrected chi connectivity index (χ0v) is 13.1. The Kier molecular flexibility index (Phi) is 5.21. The van der Waals surface area contributed by atoms with Gasteiger partial charge in [0.25, 0.3) is 0 Å². The summed E-state index contributed by atoms with van der Waals surface area (Å²) in [5, 5.41) is 3.14. The summed E-state index contributed by atoms with van der Waals surface area (Å²) in [5.74, 6) is 0.454. The van der Waals surface area contributed by atoms with Crippen molar-refractivity contribution in [3.63, 3.8) is 0 Å². The summed E-state index contributed by atoms with van der Waals surface area (Å²) in [7, 11) is 0. The van der Waals surface area contributed by atoms with E-state index < -0.39 is 0 Å². The van der Waals surface area contributed by atoms with Gasteiger partial charge in [0.15, 0.2) is 0 Å². The fraction of sp³-hybridized carbons (Fsp3) is 0.588. The van der Waals surface area contributed by atoms with E-state index in [1.807, 2.05) is 26.0 Å². The van der Waals surface area contributed by atoms with E-state index in [2.05, 4.69) is 17.1 Å². The van der Waals surface area contributed by atoms with E-state index in [0.717, 1.165) is 31.6 Å². The molecule has 1 aromatic rings. The van der Waals surface area contributed by atoms with Gasteiger partial charge in [-0.2, -0.15) is 0 Å². The zero-order chi connectivity index (χ0) is 15.4. The molecule has 1 heterocycles. The molecular weight excluding hydrogens is 267 g/mol. The standard InChI is InChI=1S/C17H25FN2O/c1-4-13-9-15(19-17(21)12(2)3)11-20(10-13)16-7-5-14(18)6-8-16/h5-8,12-13,15H,4,9-11H2,1-3H3,(H,19,21). The second-order valence-electron chi connectivity index (χ2n) is 6.25. The lowest BCUT2D eigenvalue weighted by Crippen LogP contribution is -2.51. The molecule has 0 bridgehead atoms. The van der Waals surface area contributed by atoms with Crippen LogP contribution in [0.4, 0.5) is 10.1 Å². The Morgan fingerprint density at radius 2 is 2.00 bits per heavy atom. The van der Waals surface area contributed by atoms with Crippen LogP contribution in [0.1, 0.15) is 33.6 Å². The normalized spacial score (nSPS) is 22.4. The molecule has 116 valence electrons. The van der Waals surface area contributed by atoms with Crippen molar-refractivity contribution in [2.75, 3.05) is 18.0 Å². The molecule has 0 saturated carbocycles. The Hall–Kier alpha value is -1.58. The number of carbonyl (C=O) groups excluding carboxylic acids is 1. The average Bonchev–Trinajstić information content (AvgIpc) is 2.47. The highest BCUT2D eigenvalue weighted by Gasteiger charge is 2.28. The Bertz CT molecular complexity index is 472. The third kappa shape index (κ3) is 4.19. The fourth-order valence-electron chi connectivity index (χ4n) is 2.83. The van der Waals surface area contributed by atoms with Crippen LogP contribution in [0.3, 0.4) is 0 Å². The molecule has 1 aliphatic heterocycles.